The Morgan fingerprint density at radius 3 is 2.42 bits per heavy atom. The van der Waals surface area contributed by atoms with Gasteiger partial charge in [0, 0.05) is 18.8 Å². The first-order chi connectivity index (χ1) is 12.3. The first-order valence-electron chi connectivity index (χ1n) is 8.98. The van der Waals surface area contributed by atoms with E-state index in [4.69, 9.17) is 4.74 Å². The standard InChI is InChI=1S/C21H26N2O3/c1-21(2,3)18-14-23(13-17(26-18)16-9-5-4-6-10-16)20(25)15-22-12-8-7-11-19(22)24/h4-12,17-18H,13-15H2,1-3H3/t17-,18+/m0/s1. The highest BCUT2D eigenvalue weighted by molar-refractivity contribution is 5.76. The molecule has 2 heterocycles. The van der Waals surface area contributed by atoms with Crippen molar-refractivity contribution in [2.75, 3.05) is 13.1 Å². The second kappa shape index (κ2) is 7.46. The van der Waals surface area contributed by atoms with Gasteiger partial charge in [-0.2, -0.15) is 0 Å². The zero-order valence-electron chi connectivity index (χ0n) is 15.6. The van der Waals surface area contributed by atoms with E-state index in [0.29, 0.717) is 13.1 Å². The fourth-order valence-electron chi connectivity index (χ4n) is 3.13. The summed E-state index contributed by atoms with van der Waals surface area (Å²) in [4.78, 5) is 26.6. The molecule has 0 spiro atoms. The third-order valence-corrected chi connectivity index (χ3v) is 4.80. The van der Waals surface area contributed by atoms with Gasteiger partial charge in [0.1, 0.15) is 12.6 Å². The first-order valence-corrected chi connectivity index (χ1v) is 8.98. The van der Waals surface area contributed by atoms with Gasteiger partial charge in [0.05, 0.1) is 12.6 Å². The summed E-state index contributed by atoms with van der Waals surface area (Å²) in [5, 5.41) is 0. The van der Waals surface area contributed by atoms with Gasteiger partial charge in [0.15, 0.2) is 0 Å². The molecule has 138 valence electrons. The first kappa shape index (κ1) is 18.4. The molecule has 5 heteroatoms. The maximum absolute atomic E-state index is 12.9. The minimum Gasteiger partial charge on any atom is -0.366 e. The van der Waals surface area contributed by atoms with Crippen molar-refractivity contribution in [2.24, 2.45) is 5.41 Å². The van der Waals surface area contributed by atoms with Crippen molar-refractivity contribution in [1.29, 1.82) is 0 Å². The normalized spacial score (nSPS) is 20.8. The second-order valence-electron chi connectivity index (χ2n) is 7.86. The predicted octanol–water partition coefficient (Wildman–Crippen LogP) is 2.86. The van der Waals surface area contributed by atoms with E-state index in [-0.39, 0.29) is 35.6 Å². The number of morpholine rings is 1. The molecule has 1 aromatic heterocycles. The maximum atomic E-state index is 12.9. The van der Waals surface area contributed by atoms with Crippen LogP contribution in [0.4, 0.5) is 0 Å². The Balaban J connectivity index is 1.82. The molecule has 0 N–H and O–H groups in total. The number of rotatable bonds is 3. The van der Waals surface area contributed by atoms with Gasteiger partial charge in [-0.3, -0.25) is 9.59 Å². The van der Waals surface area contributed by atoms with Crippen LogP contribution in [0.25, 0.3) is 0 Å². The van der Waals surface area contributed by atoms with E-state index in [9.17, 15) is 9.59 Å². The van der Waals surface area contributed by atoms with Crippen LogP contribution in [0, 0.1) is 5.41 Å². The zero-order valence-corrected chi connectivity index (χ0v) is 15.6. The summed E-state index contributed by atoms with van der Waals surface area (Å²) >= 11 is 0. The minimum atomic E-state index is -0.166. The molecular formula is C21H26N2O3. The van der Waals surface area contributed by atoms with Crippen LogP contribution in [0.2, 0.25) is 0 Å². The van der Waals surface area contributed by atoms with Crippen LogP contribution in [-0.4, -0.2) is 34.6 Å². The lowest BCUT2D eigenvalue weighted by molar-refractivity contribution is -0.157. The third-order valence-electron chi connectivity index (χ3n) is 4.80. The van der Waals surface area contributed by atoms with Gasteiger partial charge in [-0.05, 0) is 17.0 Å². The number of aromatic nitrogens is 1. The SMILES string of the molecule is CC(C)(C)[C@H]1CN(C(=O)Cn2ccccc2=O)C[C@@H](c2ccccc2)O1. The summed E-state index contributed by atoms with van der Waals surface area (Å²) in [6.45, 7) is 7.45. The number of pyridine rings is 1. The van der Waals surface area contributed by atoms with E-state index < -0.39 is 0 Å². The number of carbonyl (C=O) groups is 1. The number of hydrogen-bond acceptors (Lipinski definition) is 3. The average molecular weight is 354 g/mol. The van der Waals surface area contributed by atoms with Crippen LogP contribution in [0.1, 0.15) is 32.4 Å². The molecule has 26 heavy (non-hydrogen) atoms. The van der Waals surface area contributed by atoms with Gasteiger partial charge in [0.2, 0.25) is 5.91 Å². The molecule has 1 saturated heterocycles. The minimum absolute atomic E-state index is 0.0536. The molecule has 1 aromatic carbocycles. The van der Waals surface area contributed by atoms with Crippen molar-refractivity contribution >= 4 is 5.91 Å². The Morgan fingerprint density at radius 1 is 1.08 bits per heavy atom. The van der Waals surface area contributed by atoms with E-state index in [1.165, 1.54) is 10.6 Å². The molecule has 2 atom stereocenters. The maximum Gasteiger partial charge on any atom is 0.250 e. The Labute approximate surface area is 154 Å². The Kier molecular flexibility index (Phi) is 5.28. The molecule has 1 aliphatic heterocycles. The Morgan fingerprint density at radius 2 is 1.77 bits per heavy atom. The highest BCUT2D eigenvalue weighted by atomic mass is 16.5. The largest absolute Gasteiger partial charge is 0.366 e. The van der Waals surface area contributed by atoms with Gasteiger partial charge in [-0.1, -0.05) is 57.2 Å². The highest BCUT2D eigenvalue weighted by Gasteiger charge is 2.37. The summed E-state index contributed by atoms with van der Waals surface area (Å²) in [7, 11) is 0. The van der Waals surface area contributed by atoms with Crippen LogP contribution >= 0.6 is 0 Å². The topological polar surface area (TPSA) is 51.5 Å². The summed E-state index contributed by atoms with van der Waals surface area (Å²) in [5.74, 6) is -0.0585. The van der Waals surface area contributed by atoms with Gasteiger partial charge < -0.3 is 14.2 Å². The number of carbonyl (C=O) groups excluding carboxylic acids is 1. The van der Waals surface area contributed by atoms with Gasteiger partial charge >= 0.3 is 0 Å². The van der Waals surface area contributed by atoms with E-state index in [2.05, 4.69) is 20.8 Å². The predicted molar refractivity (Wildman–Crippen MR) is 101 cm³/mol. The number of nitrogens with zero attached hydrogens (tertiary/aromatic N) is 2. The third kappa shape index (κ3) is 4.22. The van der Waals surface area contributed by atoms with Crippen LogP contribution in [0.15, 0.2) is 59.5 Å². The second-order valence-corrected chi connectivity index (χ2v) is 7.86. The van der Waals surface area contributed by atoms with Gasteiger partial charge in [-0.25, -0.2) is 0 Å². The number of ether oxygens (including phenoxy) is 1. The molecule has 3 rings (SSSR count). The highest BCUT2D eigenvalue weighted by Crippen LogP contribution is 2.33. The van der Waals surface area contributed by atoms with E-state index in [1.54, 1.807) is 18.3 Å². The summed E-state index contributed by atoms with van der Waals surface area (Å²) in [6.07, 6.45) is 1.42. The van der Waals surface area contributed by atoms with Crippen molar-refractivity contribution in [3.8, 4) is 0 Å². The van der Waals surface area contributed by atoms with Crippen molar-refractivity contribution in [3.05, 3.63) is 70.6 Å². The fraction of sp³-hybridized carbons (Fsp3) is 0.429. The van der Waals surface area contributed by atoms with Gasteiger partial charge in [0.25, 0.3) is 5.56 Å². The monoisotopic (exact) mass is 354 g/mol. The molecule has 1 fully saturated rings. The smallest absolute Gasteiger partial charge is 0.250 e. The quantitative estimate of drug-likeness (QED) is 0.852. The van der Waals surface area contributed by atoms with Crippen LogP contribution in [-0.2, 0) is 16.1 Å². The van der Waals surface area contributed by atoms with Crippen LogP contribution in [0.3, 0.4) is 0 Å². The molecule has 1 amide bonds. The molecule has 0 unspecified atom stereocenters. The molecule has 1 aliphatic rings. The van der Waals surface area contributed by atoms with E-state index in [0.717, 1.165) is 5.56 Å². The number of amides is 1. The molecular weight excluding hydrogens is 328 g/mol. The van der Waals surface area contributed by atoms with Crippen LogP contribution < -0.4 is 5.56 Å². The molecule has 2 aromatic rings. The molecule has 5 nitrogen and oxygen atoms in total. The lowest BCUT2D eigenvalue weighted by Crippen LogP contribution is -2.52. The number of hydrogen-bond donors (Lipinski definition) is 0. The van der Waals surface area contributed by atoms with Crippen molar-refractivity contribution in [2.45, 2.75) is 39.5 Å². The Bertz CT molecular complexity index is 808. The van der Waals surface area contributed by atoms with Crippen LogP contribution in [0.5, 0.6) is 0 Å². The van der Waals surface area contributed by atoms with Crippen molar-refractivity contribution in [3.63, 3.8) is 0 Å². The zero-order chi connectivity index (χ0) is 18.7. The summed E-state index contributed by atoms with van der Waals surface area (Å²) in [5.41, 5.74) is 0.812. The van der Waals surface area contributed by atoms with Gasteiger partial charge in [-0.15, -0.1) is 0 Å². The van der Waals surface area contributed by atoms with Crippen molar-refractivity contribution in [1.82, 2.24) is 9.47 Å². The molecule has 0 saturated carbocycles. The summed E-state index contributed by atoms with van der Waals surface area (Å²) < 4.78 is 7.77. The molecule has 0 bridgehead atoms. The van der Waals surface area contributed by atoms with E-state index in [1.807, 2.05) is 35.2 Å². The summed E-state index contributed by atoms with van der Waals surface area (Å²) in [6, 6.07) is 14.9. The lowest BCUT2D eigenvalue weighted by atomic mass is 9.87. The van der Waals surface area contributed by atoms with Crippen molar-refractivity contribution < 1.29 is 9.53 Å². The van der Waals surface area contributed by atoms with E-state index >= 15 is 0 Å². The lowest BCUT2D eigenvalue weighted by Gasteiger charge is -2.43. The average Bonchev–Trinajstić information content (AvgIpc) is 2.63. The fourth-order valence-corrected chi connectivity index (χ4v) is 3.13. The number of benzene rings is 1. The molecule has 0 radical (unpaired) electrons. The Hall–Kier alpha value is -2.40. The molecule has 0 aliphatic carbocycles.